The summed E-state index contributed by atoms with van der Waals surface area (Å²) < 4.78 is 0. The van der Waals surface area contributed by atoms with Crippen molar-refractivity contribution in [2.24, 2.45) is 0 Å². The summed E-state index contributed by atoms with van der Waals surface area (Å²) in [5, 5.41) is 3.78. The minimum Gasteiger partial charge on any atom is -0.248 e. The van der Waals surface area contributed by atoms with Gasteiger partial charge in [0.25, 0.3) is 0 Å². The van der Waals surface area contributed by atoms with Crippen molar-refractivity contribution in [1.82, 2.24) is 4.98 Å². The maximum atomic E-state index is 5.12. The van der Waals surface area contributed by atoms with E-state index in [4.69, 9.17) is 4.98 Å². The molecule has 1 heteroatoms. The Kier molecular flexibility index (Phi) is 5.09. The van der Waals surface area contributed by atoms with Gasteiger partial charge in [0.2, 0.25) is 0 Å². The summed E-state index contributed by atoms with van der Waals surface area (Å²) >= 11 is 0. The molecule has 33 heavy (non-hydrogen) atoms. The molecule has 0 saturated heterocycles. The third-order valence-electron chi connectivity index (χ3n) is 6.67. The number of fused-ring (bicyclic) bond motifs is 2. The highest BCUT2D eigenvalue weighted by Gasteiger charge is 2.15. The molecule has 0 aliphatic heterocycles. The Hall–Kier alpha value is -3.45. The molecule has 0 atom stereocenters. The van der Waals surface area contributed by atoms with E-state index in [2.05, 4.69) is 120 Å². The Morgan fingerprint density at radius 1 is 0.667 bits per heavy atom. The average Bonchev–Trinajstić information content (AvgIpc) is 2.77. The number of nitrogens with zero attached hydrogens (tertiary/aromatic N) is 1. The number of aromatic nitrogens is 1. The molecule has 1 heterocycles. The van der Waals surface area contributed by atoms with Gasteiger partial charge in [0.1, 0.15) is 0 Å². The van der Waals surface area contributed by atoms with E-state index in [-0.39, 0.29) is 5.41 Å². The molecule has 5 rings (SSSR count). The maximum Gasteiger partial charge on any atom is 0.0717 e. The smallest absolute Gasteiger partial charge is 0.0717 e. The maximum absolute atomic E-state index is 5.12. The Labute approximate surface area is 197 Å². The van der Waals surface area contributed by atoms with Gasteiger partial charge in [-0.15, -0.1) is 0 Å². The minimum absolute atomic E-state index is 0.144. The van der Waals surface area contributed by atoms with Gasteiger partial charge in [-0.3, -0.25) is 0 Å². The third-order valence-corrected chi connectivity index (χ3v) is 6.67. The van der Waals surface area contributed by atoms with Gasteiger partial charge < -0.3 is 0 Å². The van der Waals surface area contributed by atoms with Crippen molar-refractivity contribution in [3.63, 3.8) is 0 Å². The van der Waals surface area contributed by atoms with Gasteiger partial charge >= 0.3 is 0 Å². The fraction of sp³-hybridized carbons (Fsp3) is 0.219. The molecule has 0 aliphatic rings. The number of benzene rings is 4. The number of rotatable bonds is 2. The van der Waals surface area contributed by atoms with Crippen LogP contribution in [-0.2, 0) is 5.41 Å². The third kappa shape index (κ3) is 3.93. The summed E-state index contributed by atoms with van der Waals surface area (Å²) in [6.45, 7) is 13.3. The first-order valence-corrected chi connectivity index (χ1v) is 11.7. The van der Waals surface area contributed by atoms with Crippen molar-refractivity contribution in [3.05, 3.63) is 101 Å². The lowest BCUT2D eigenvalue weighted by Crippen LogP contribution is -2.10. The van der Waals surface area contributed by atoms with Crippen LogP contribution in [0.2, 0.25) is 0 Å². The highest BCUT2D eigenvalue weighted by molar-refractivity contribution is 6.00. The van der Waals surface area contributed by atoms with E-state index >= 15 is 0 Å². The largest absolute Gasteiger partial charge is 0.248 e. The van der Waals surface area contributed by atoms with Gasteiger partial charge in [-0.05, 0) is 94.6 Å². The molecule has 0 bridgehead atoms. The molecule has 0 aliphatic carbocycles. The van der Waals surface area contributed by atoms with E-state index in [0.29, 0.717) is 0 Å². The van der Waals surface area contributed by atoms with Crippen molar-refractivity contribution in [3.8, 4) is 22.4 Å². The number of hydrogen-bond acceptors (Lipinski definition) is 1. The first-order chi connectivity index (χ1) is 15.7. The monoisotopic (exact) mass is 429 g/mol. The summed E-state index contributed by atoms with van der Waals surface area (Å²) in [6.07, 6.45) is 0. The lowest BCUT2D eigenvalue weighted by Gasteiger charge is -2.19. The van der Waals surface area contributed by atoms with Crippen molar-refractivity contribution >= 4 is 21.7 Å². The van der Waals surface area contributed by atoms with Crippen LogP contribution in [0.3, 0.4) is 0 Å². The summed E-state index contributed by atoms with van der Waals surface area (Å²) in [7, 11) is 0. The quantitative estimate of drug-likeness (QED) is 0.273. The van der Waals surface area contributed by atoms with Crippen LogP contribution in [0.15, 0.2) is 78.9 Å². The van der Waals surface area contributed by atoms with Gasteiger partial charge in [-0.25, -0.2) is 4.98 Å². The molecule has 1 nitrogen and oxygen atoms in total. The van der Waals surface area contributed by atoms with Crippen molar-refractivity contribution in [2.45, 2.75) is 47.0 Å². The molecule has 0 saturated carbocycles. The zero-order valence-corrected chi connectivity index (χ0v) is 20.5. The molecule has 0 N–H and O–H groups in total. The Morgan fingerprint density at radius 3 is 2.09 bits per heavy atom. The second-order valence-electron chi connectivity index (χ2n) is 10.4. The van der Waals surface area contributed by atoms with E-state index in [1.807, 2.05) is 0 Å². The lowest BCUT2D eigenvalue weighted by molar-refractivity contribution is 0.590. The summed E-state index contributed by atoms with van der Waals surface area (Å²) in [5.41, 5.74) is 11.1. The molecule has 5 aromatic rings. The number of pyridine rings is 1. The van der Waals surface area contributed by atoms with E-state index in [1.165, 1.54) is 49.5 Å². The molecule has 0 fully saturated rings. The second-order valence-corrected chi connectivity index (χ2v) is 10.4. The topological polar surface area (TPSA) is 12.9 Å². The highest BCUT2D eigenvalue weighted by Crippen LogP contribution is 2.36. The van der Waals surface area contributed by atoms with Crippen LogP contribution < -0.4 is 0 Å². The molecule has 0 unspecified atom stereocenters. The van der Waals surface area contributed by atoms with Crippen LogP contribution in [-0.4, -0.2) is 4.98 Å². The normalized spacial score (nSPS) is 11.9. The zero-order valence-electron chi connectivity index (χ0n) is 20.5. The summed E-state index contributed by atoms with van der Waals surface area (Å²) in [5.74, 6) is 0. The molecule has 0 spiro atoms. The fourth-order valence-electron chi connectivity index (χ4n) is 4.98. The summed E-state index contributed by atoms with van der Waals surface area (Å²) in [6, 6.07) is 29.0. The van der Waals surface area contributed by atoms with E-state index < -0.39 is 0 Å². The van der Waals surface area contributed by atoms with E-state index in [0.717, 1.165) is 16.8 Å². The first kappa shape index (κ1) is 21.4. The zero-order chi connectivity index (χ0) is 23.3. The van der Waals surface area contributed by atoms with Gasteiger partial charge in [0, 0.05) is 10.9 Å². The molecular formula is C32H31N. The van der Waals surface area contributed by atoms with Gasteiger partial charge in [0.15, 0.2) is 0 Å². The SMILES string of the molecule is Cc1cc(C)c2c(C)cc(-c3cc(-c4ccc(C(C)(C)C)cc4)c4ccccc4c3)nc2c1. The van der Waals surface area contributed by atoms with Crippen LogP contribution in [0, 0.1) is 20.8 Å². The van der Waals surface area contributed by atoms with E-state index in [9.17, 15) is 0 Å². The summed E-state index contributed by atoms with van der Waals surface area (Å²) in [4.78, 5) is 5.12. The van der Waals surface area contributed by atoms with Crippen molar-refractivity contribution in [1.29, 1.82) is 0 Å². The van der Waals surface area contributed by atoms with Gasteiger partial charge in [-0.1, -0.05) is 75.4 Å². The Morgan fingerprint density at radius 2 is 1.36 bits per heavy atom. The van der Waals surface area contributed by atoms with Crippen LogP contribution in [0.4, 0.5) is 0 Å². The van der Waals surface area contributed by atoms with Crippen LogP contribution in [0.1, 0.15) is 43.0 Å². The number of aryl methyl sites for hydroxylation is 3. The molecule has 1 aromatic heterocycles. The van der Waals surface area contributed by atoms with Gasteiger partial charge in [-0.2, -0.15) is 0 Å². The molecular weight excluding hydrogens is 398 g/mol. The number of hydrogen-bond donors (Lipinski definition) is 0. The lowest BCUT2D eigenvalue weighted by atomic mass is 9.85. The molecule has 0 amide bonds. The standard InChI is InChI=1S/C32H31N/c1-20-15-21(2)31-22(3)17-29(33-30(31)16-20)25-18-24-9-7-8-10-27(24)28(19-25)23-11-13-26(14-12-23)32(4,5)6/h7-19H,1-6H3. The van der Waals surface area contributed by atoms with Crippen molar-refractivity contribution < 1.29 is 0 Å². The van der Waals surface area contributed by atoms with Crippen LogP contribution >= 0.6 is 0 Å². The predicted molar refractivity (Wildman–Crippen MR) is 143 cm³/mol. The Bertz CT molecular complexity index is 1500. The molecule has 4 aromatic carbocycles. The Balaban J connectivity index is 1.73. The first-order valence-electron chi connectivity index (χ1n) is 11.7. The minimum atomic E-state index is 0.144. The van der Waals surface area contributed by atoms with Crippen LogP contribution in [0.25, 0.3) is 44.1 Å². The molecule has 0 radical (unpaired) electrons. The van der Waals surface area contributed by atoms with Crippen molar-refractivity contribution in [2.75, 3.05) is 0 Å². The van der Waals surface area contributed by atoms with E-state index in [1.54, 1.807) is 0 Å². The van der Waals surface area contributed by atoms with Crippen LogP contribution in [0.5, 0.6) is 0 Å². The van der Waals surface area contributed by atoms with Gasteiger partial charge in [0.05, 0.1) is 11.2 Å². The predicted octanol–water partition coefficient (Wildman–Crippen LogP) is 8.94. The average molecular weight is 430 g/mol. The molecule has 164 valence electrons. The second kappa shape index (κ2) is 7.85. The fourth-order valence-corrected chi connectivity index (χ4v) is 4.98. The highest BCUT2D eigenvalue weighted by atomic mass is 14.7.